The van der Waals surface area contributed by atoms with Crippen molar-refractivity contribution in [2.75, 3.05) is 5.32 Å². The molecule has 0 spiro atoms. The minimum absolute atomic E-state index is 0.193. The predicted molar refractivity (Wildman–Crippen MR) is 72.3 cm³/mol. The van der Waals surface area contributed by atoms with E-state index in [1.54, 1.807) is 41.2 Å². The highest BCUT2D eigenvalue weighted by Crippen LogP contribution is 2.13. The number of hydrogen-bond acceptors (Lipinski definition) is 2. The van der Waals surface area contributed by atoms with Crippen LogP contribution in [0.4, 0.5) is 5.69 Å². The molecule has 0 aliphatic carbocycles. The highest BCUT2D eigenvalue weighted by atomic mass is 35.5. The van der Waals surface area contributed by atoms with Crippen LogP contribution in [0.1, 0.15) is 5.56 Å². The normalized spacial score (nSPS) is 10.8. The van der Waals surface area contributed by atoms with E-state index >= 15 is 0 Å². The number of amides is 1. The van der Waals surface area contributed by atoms with Gasteiger partial charge in [-0.2, -0.15) is 5.10 Å². The second-order valence-electron chi connectivity index (χ2n) is 3.78. The van der Waals surface area contributed by atoms with Crippen molar-refractivity contribution >= 4 is 29.3 Å². The third-order valence-electron chi connectivity index (χ3n) is 2.26. The summed E-state index contributed by atoms with van der Waals surface area (Å²) in [6.07, 6.45) is 6.68. The average molecular weight is 262 g/mol. The molecule has 1 N–H and O–H groups in total. The molecular weight excluding hydrogens is 250 g/mol. The van der Waals surface area contributed by atoms with Gasteiger partial charge in [0.25, 0.3) is 0 Å². The Hall–Kier alpha value is -2.07. The summed E-state index contributed by atoms with van der Waals surface area (Å²) in [4.78, 5) is 11.6. The van der Waals surface area contributed by atoms with Crippen molar-refractivity contribution in [3.05, 3.63) is 53.3 Å². The average Bonchev–Trinajstić information content (AvgIpc) is 2.76. The molecule has 0 fully saturated rings. The SMILES string of the molecule is Cn1cc(C=CC(=O)Nc2ccc(Cl)cc2)cn1. The third kappa shape index (κ3) is 3.46. The summed E-state index contributed by atoms with van der Waals surface area (Å²) in [5.41, 5.74) is 1.59. The van der Waals surface area contributed by atoms with Crippen LogP contribution in [-0.2, 0) is 11.8 Å². The van der Waals surface area contributed by atoms with Crippen LogP contribution < -0.4 is 5.32 Å². The molecule has 0 saturated heterocycles. The summed E-state index contributed by atoms with van der Waals surface area (Å²) < 4.78 is 1.68. The van der Waals surface area contributed by atoms with E-state index in [1.807, 2.05) is 13.2 Å². The molecule has 5 heteroatoms. The Bertz CT molecular complexity index is 572. The molecule has 0 atom stereocenters. The first-order valence-corrected chi connectivity index (χ1v) is 5.74. The number of halogens is 1. The van der Waals surface area contributed by atoms with Crippen LogP contribution in [0.5, 0.6) is 0 Å². The molecule has 4 nitrogen and oxygen atoms in total. The highest BCUT2D eigenvalue weighted by Gasteiger charge is 1.98. The van der Waals surface area contributed by atoms with Crippen LogP contribution in [0.3, 0.4) is 0 Å². The van der Waals surface area contributed by atoms with E-state index in [4.69, 9.17) is 11.6 Å². The van der Waals surface area contributed by atoms with Gasteiger partial charge >= 0.3 is 0 Å². The monoisotopic (exact) mass is 261 g/mol. The van der Waals surface area contributed by atoms with Crippen LogP contribution in [0.25, 0.3) is 6.08 Å². The maximum atomic E-state index is 11.6. The number of anilines is 1. The number of carbonyl (C=O) groups is 1. The first-order chi connectivity index (χ1) is 8.63. The Labute approximate surface area is 110 Å². The number of nitrogens with one attached hydrogen (secondary N) is 1. The van der Waals surface area contributed by atoms with Gasteiger partial charge in [0, 0.05) is 35.6 Å². The molecule has 0 saturated carbocycles. The molecule has 0 radical (unpaired) electrons. The minimum Gasteiger partial charge on any atom is -0.323 e. The van der Waals surface area contributed by atoms with E-state index < -0.39 is 0 Å². The molecule has 0 aliphatic heterocycles. The number of rotatable bonds is 3. The first kappa shape index (κ1) is 12.4. The van der Waals surface area contributed by atoms with Crippen LogP contribution >= 0.6 is 11.6 Å². The Morgan fingerprint density at radius 1 is 1.39 bits per heavy atom. The standard InChI is InChI=1S/C13H12ClN3O/c1-17-9-10(8-15-17)2-7-13(18)16-12-5-3-11(14)4-6-12/h2-9H,1H3,(H,16,18). The summed E-state index contributed by atoms with van der Waals surface area (Å²) in [6, 6.07) is 6.94. The smallest absolute Gasteiger partial charge is 0.248 e. The Kier molecular flexibility index (Phi) is 3.79. The van der Waals surface area contributed by atoms with Gasteiger partial charge in [0.2, 0.25) is 5.91 Å². The zero-order valence-corrected chi connectivity index (χ0v) is 10.6. The summed E-state index contributed by atoms with van der Waals surface area (Å²) in [6.45, 7) is 0. The van der Waals surface area contributed by atoms with E-state index in [0.29, 0.717) is 10.7 Å². The van der Waals surface area contributed by atoms with Crippen LogP contribution in [0.15, 0.2) is 42.7 Å². The van der Waals surface area contributed by atoms with Gasteiger partial charge < -0.3 is 5.32 Å². The van der Waals surface area contributed by atoms with Crippen molar-refractivity contribution in [1.29, 1.82) is 0 Å². The molecule has 1 aromatic carbocycles. The fourth-order valence-electron chi connectivity index (χ4n) is 1.42. The summed E-state index contributed by atoms with van der Waals surface area (Å²) in [7, 11) is 1.82. The van der Waals surface area contributed by atoms with E-state index in [2.05, 4.69) is 10.4 Å². The number of nitrogens with zero attached hydrogens (tertiary/aromatic N) is 2. The first-order valence-electron chi connectivity index (χ1n) is 5.37. The lowest BCUT2D eigenvalue weighted by molar-refractivity contribution is -0.111. The van der Waals surface area contributed by atoms with Crippen LogP contribution in [0.2, 0.25) is 5.02 Å². The second kappa shape index (κ2) is 5.51. The predicted octanol–water partition coefficient (Wildman–Crippen LogP) is 2.73. The topological polar surface area (TPSA) is 46.9 Å². The molecule has 0 aliphatic rings. The van der Waals surface area contributed by atoms with E-state index in [9.17, 15) is 4.79 Å². The summed E-state index contributed by atoms with van der Waals surface area (Å²) in [5, 5.41) is 7.38. The quantitative estimate of drug-likeness (QED) is 0.864. The molecule has 1 heterocycles. The number of aryl methyl sites for hydroxylation is 1. The maximum Gasteiger partial charge on any atom is 0.248 e. The molecule has 18 heavy (non-hydrogen) atoms. The fraction of sp³-hybridized carbons (Fsp3) is 0.0769. The lowest BCUT2D eigenvalue weighted by Gasteiger charge is -2.01. The number of hydrogen-bond donors (Lipinski definition) is 1. The van der Waals surface area contributed by atoms with Crippen LogP contribution in [-0.4, -0.2) is 15.7 Å². The van der Waals surface area contributed by atoms with Gasteiger partial charge in [0.1, 0.15) is 0 Å². The van der Waals surface area contributed by atoms with Gasteiger partial charge in [0.05, 0.1) is 6.20 Å². The Morgan fingerprint density at radius 3 is 2.72 bits per heavy atom. The Balaban J connectivity index is 1.96. The van der Waals surface area contributed by atoms with E-state index in [-0.39, 0.29) is 5.91 Å². The fourth-order valence-corrected chi connectivity index (χ4v) is 1.54. The lowest BCUT2D eigenvalue weighted by Crippen LogP contribution is -2.07. The van der Waals surface area contributed by atoms with Gasteiger partial charge in [0.15, 0.2) is 0 Å². The van der Waals surface area contributed by atoms with Gasteiger partial charge in [-0.05, 0) is 30.3 Å². The van der Waals surface area contributed by atoms with Gasteiger partial charge in [-0.1, -0.05) is 11.6 Å². The number of carbonyl (C=O) groups excluding carboxylic acids is 1. The van der Waals surface area contributed by atoms with Gasteiger partial charge in [-0.3, -0.25) is 9.48 Å². The molecule has 92 valence electrons. The molecule has 0 unspecified atom stereocenters. The summed E-state index contributed by atoms with van der Waals surface area (Å²) >= 11 is 5.76. The van der Waals surface area contributed by atoms with Crippen molar-refractivity contribution in [3.8, 4) is 0 Å². The van der Waals surface area contributed by atoms with Crippen LogP contribution in [0, 0.1) is 0 Å². The summed E-state index contributed by atoms with van der Waals surface area (Å²) in [5.74, 6) is -0.193. The largest absolute Gasteiger partial charge is 0.323 e. The van der Waals surface area contributed by atoms with E-state index in [0.717, 1.165) is 5.56 Å². The minimum atomic E-state index is -0.193. The highest BCUT2D eigenvalue weighted by molar-refractivity contribution is 6.30. The number of benzene rings is 1. The maximum absolute atomic E-state index is 11.6. The molecule has 1 aromatic heterocycles. The third-order valence-corrected chi connectivity index (χ3v) is 2.52. The molecule has 2 aromatic rings. The molecular formula is C13H12ClN3O. The Morgan fingerprint density at radius 2 is 2.11 bits per heavy atom. The molecule has 2 rings (SSSR count). The zero-order valence-electron chi connectivity index (χ0n) is 9.80. The van der Waals surface area contributed by atoms with Gasteiger partial charge in [-0.25, -0.2) is 0 Å². The number of aromatic nitrogens is 2. The van der Waals surface area contributed by atoms with Crippen molar-refractivity contribution in [2.45, 2.75) is 0 Å². The van der Waals surface area contributed by atoms with Crippen molar-refractivity contribution < 1.29 is 4.79 Å². The lowest BCUT2D eigenvalue weighted by atomic mass is 10.3. The second-order valence-corrected chi connectivity index (χ2v) is 4.21. The zero-order chi connectivity index (χ0) is 13.0. The van der Waals surface area contributed by atoms with E-state index in [1.165, 1.54) is 6.08 Å². The molecule has 0 bridgehead atoms. The molecule has 1 amide bonds. The van der Waals surface area contributed by atoms with Gasteiger partial charge in [-0.15, -0.1) is 0 Å². The van der Waals surface area contributed by atoms with Crippen molar-refractivity contribution in [2.24, 2.45) is 7.05 Å². The van der Waals surface area contributed by atoms with Crippen molar-refractivity contribution in [1.82, 2.24) is 9.78 Å². The van der Waals surface area contributed by atoms with Crippen molar-refractivity contribution in [3.63, 3.8) is 0 Å².